The number of hydrogen-bond donors (Lipinski definition) is 1. The van der Waals surface area contributed by atoms with Gasteiger partial charge in [-0.1, -0.05) is 6.07 Å². The number of fused-ring (bicyclic) bond motifs is 1. The molecule has 24 heavy (non-hydrogen) atoms. The number of nitrogens with one attached hydrogen (secondary N) is 1. The molecule has 2 fully saturated rings. The molecule has 2 atom stereocenters. The number of amides is 2. The van der Waals surface area contributed by atoms with Gasteiger partial charge in [0.25, 0.3) is 0 Å². The van der Waals surface area contributed by atoms with Crippen molar-refractivity contribution in [2.24, 2.45) is 11.3 Å². The second kappa shape index (κ2) is 7.63. The first-order valence-electron chi connectivity index (χ1n) is 8.26. The molecule has 2 aliphatic heterocycles. The molecule has 3 rings (SSSR count). The lowest BCUT2D eigenvalue weighted by Crippen LogP contribution is -2.39. The monoisotopic (exact) mass is 352 g/mol. The van der Waals surface area contributed by atoms with Gasteiger partial charge in [-0.2, -0.15) is 0 Å². The predicted octanol–water partition coefficient (Wildman–Crippen LogP) is 0.918. The first-order chi connectivity index (χ1) is 11.6. The number of rotatable bonds is 7. The molecule has 1 aromatic heterocycles. The Balaban J connectivity index is 1.52. The first kappa shape index (κ1) is 17.4. The van der Waals surface area contributed by atoms with Crippen molar-refractivity contribution in [3.8, 4) is 0 Å². The fourth-order valence-corrected chi connectivity index (χ4v) is 4.36. The van der Waals surface area contributed by atoms with Gasteiger partial charge in [0.1, 0.15) is 6.61 Å². The standard InChI is InChI=1S/C17H24N2O4S/c1-22-10-16(21)19-8-13-9-23-12-17(13,11-19)7-15(20)18-5-4-14-3-2-6-24-14/h2-3,6,13H,4-5,7-12H2,1H3,(H,18,20)/t13-,17+/m1/s1. The molecule has 2 saturated heterocycles. The zero-order chi connectivity index (χ0) is 17.0. The maximum Gasteiger partial charge on any atom is 0.248 e. The third-order valence-electron chi connectivity index (χ3n) is 4.93. The quantitative estimate of drug-likeness (QED) is 0.792. The zero-order valence-corrected chi connectivity index (χ0v) is 14.8. The number of carbonyl (C=O) groups excluding carboxylic acids is 2. The van der Waals surface area contributed by atoms with Crippen LogP contribution in [0.25, 0.3) is 0 Å². The molecule has 7 heteroatoms. The second-order valence-electron chi connectivity index (χ2n) is 6.64. The number of methoxy groups -OCH3 is 1. The van der Waals surface area contributed by atoms with Gasteiger partial charge in [0.2, 0.25) is 11.8 Å². The van der Waals surface area contributed by atoms with Gasteiger partial charge in [0.15, 0.2) is 0 Å². The van der Waals surface area contributed by atoms with E-state index >= 15 is 0 Å². The van der Waals surface area contributed by atoms with Gasteiger partial charge in [-0.3, -0.25) is 9.59 Å². The Morgan fingerprint density at radius 3 is 3.17 bits per heavy atom. The Morgan fingerprint density at radius 1 is 1.54 bits per heavy atom. The summed E-state index contributed by atoms with van der Waals surface area (Å²) in [7, 11) is 1.52. The third-order valence-corrected chi connectivity index (χ3v) is 5.86. The Hall–Kier alpha value is -1.44. The largest absolute Gasteiger partial charge is 0.380 e. The van der Waals surface area contributed by atoms with Crippen LogP contribution in [0, 0.1) is 11.3 Å². The van der Waals surface area contributed by atoms with Crippen molar-refractivity contribution in [2.75, 3.05) is 46.6 Å². The van der Waals surface area contributed by atoms with Gasteiger partial charge in [-0.15, -0.1) is 11.3 Å². The molecule has 2 aliphatic rings. The smallest absolute Gasteiger partial charge is 0.248 e. The van der Waals surface area contributed by atoms with Gasteiger partial charge in [0, 0.05) is 49.4 Å². The fraction of sp³-hybridized carbons (Fsp3) is 0.647. The molecular formula is C17H24N2O4S. The Labute approximate surface area is 146 Å². The van der Waals surface area contributed by atoms with Crippen molar-refractivity contribution >= 4 is 23.2 Å². The van der Waals surface area contributed by atoms with E-state index in [2.05, 4.69) is 11.4 Å². The summed E-state index contributed by atoms with van der Waals surface area (Å²) in [6.45, 7) is 3.15. The van der Waals surface area contributed by atoms with Gasteiger partial charge in [0.05, 0.1) is 13.2 Å². The molecule has 132 valence electrons. The minimum Gasteiger partial charge on any atom is -0.380 e. The highest BCUT2D eigenvalue weighted by atomic mass is 32.1. The van der Waals surface area contributed by atoms with E-state index in [0.717, 1.165) is 6.42 Å². The van der Waals surface area contributed by atoms with E-state index in [9.17, 15) is 9.59 Å². The third kappa shape index (κ3) is 3.79. The highest BCUT2D eigenvalue weighted by Crippen LogP contribution is 2.43. The summed E-state index contributed by atoms with van der Waals surface area (Å²) in [5, 5.41) is 5.05. The van der Waals surface area contributed by atoms with E-state index in [1.165, 1.54) is 12.0 Å². The molecule has 0 saturated carbocycles. The maximum atomic E-state index is 12.4. The number of nitrogens with zero attached hydrogens (tertiary/aromatic N) is 1. The predicted molar refractivity (Wildman–Crippen MR) is 90.8 cm³/mol. The van der Waals surface area contributed by atoms with Gasteiger partial charge in [-0.25, -0.2) is 0 Å². The Morgan fingerprint density at radius 2 is 2.42 bits per heavy atom. The summed E-state index contributed by atoms with van der Waals surface area (Å²) in [5.74, 6) is 0.272. The van der Waals surface area contributed by atoms with E-state index in [0.29, 0.717) is 39.3 Å². The SMILES string of the molecule is COCC(=O)N1C[C@@H]2COC[C@]2(CC(=O)NCCc2cccs2)C1. The van der Waals surface area contributed by atoms with Crippen LogP contribution in [0.1, 0.15) is 11.3 Å². The van der Waals surface area contributed by atoms with Gasteiger partial charge in [-0.05, 0) is 17.9 Å². The molecule has 6 nitrogen and oxygen atoms in total. The van der Waals surface area contributed by atoms with E-state index in [-0.39, 0.29) is 29.8 Å². The van der Waals surface area contributed by atoms with Gasteiger partial charge >= 0.3 is 0 Å². The van der Waals surface area contributed by atoms with Crippen molar-refractivity contribution < 1.29 is 19.1 Å². The first-order valence-corrected chi connectivity index (χ1v) is 9.14. The Bertz CT molecular complexity index is 577. The lowest BCUT2D eigenvalue weighted by Gasteiger charge is -2.26. The fourth-order valence-electron chi connectivity index (χ4n) is 3.65. The van der Waals surface area contributed by atoms with E-state index < -0.39 is 0 Å². The highest BCUT2D eigenvalue weighted by Gasteiger charge is 2.52. The zero-order valence-electron chi connectivity index (χ0n) is 14.0. The number of thiophene rings is 1. The average molecular weight is 352 g/mol. The molecule has 0 spiro atoms. The van der Waals surface area contributed by atoms with E-state index in [4.69, 9.17) is 9.47 Å². The molecule has 0 bridgehead atoms. The topological polar surface area (TPSA) is 67.9 Å². The lowest BCUT2D eigenvalue weighted by molar-refractivity contribution is -0.135. The van der Waals surface area contributed by atoms with Crippen LogP contribution >= 0.6 is 11.3 Å². The number of ether oxygens (including phenoxy) is 2. The van der Waals surface area contributed by atoms with Crippen molar-refractivity contribution in [3.63, 3.8) is 0 Å². The van der Waals surface area contributed by atoms with Crippen molar-refractivity contribution in [2.45, 2.75) is 12.8 Å². The molecule has 2 amide bonds. The molecule has 1 N–H and O–H groups in total. The molecule has 0 radical (unpaired) electrons. The van der Waals surface area contributed by atoms with Gasteiger partial charge < -0.3 is 19.7 Å². The second-order valence-corrected chi connectivity index (χ2v) is 7.67. The van der Waals surface area contributed by atoms with Crippen molar-refractivity contribution in [3.05, 3.63) is 22.4 Å². The van der Waals surface area contributed by atoms with Crippen LogP contribution in [0.5, 0.6) is 0 Å². The van der Waals surface area contributed by atoms with Crippen molar-refractivity contribution in [1.29, 1.82) is 0 Å². The molecule has 0 unspecified atom stereocenters. The van der Waals surface area contributed by atoms with Crippen LogP contribution < -0.4 is 5.32 Å². The molecule has 0 aliphatic carbocycles. The number of hydrogen-bond acceptors (Lipinski definition) is 5. The van der Waals surface area contributed by atoms with Crippen molar-refractivity contribution in [1.82, 2.24) is 10.2 Å². The lowest BCUT2D eigenvalue weighted by atomic mass is 9.78. The molecule has 3 heterocycles. The normalized spacial score (nSPS) is 25.7. The summed E-state index contributed by atoms with van der Waals surface area (Å²) in [5.41, 5.74) is -0.240. The minimum absolute atomic E-state index is 0.00983. The minimum atomic E-state index is -0.240. The van der Waals surface area contributed by atoms with Crippen LogP contribution in [0.2, 0.25) is 0 Å². The number of likely N-dealkylation sites (tertiary alicyclic amines) is 1. The van der Waals surface area contributed by atoms with Crippen LogP contribution in [0.15, 0.2) is 17.5 Å². The summed E-state index contributed by atoms with van der Waals surface area (Å²) in [6, 6.07) is 4.10. The molecular weight excluding hydrogens is 328 g/mol. The van der Waals surface area contributed by atoms with E-state index in [1.807, 2.05) is 16.3 Å². The summed E-state index contributed by atoms with van der Waals surface area (Å²) in [4.78, 5) is 27.5. The molecule has 1 aromatic rings. The van der Waals surface area contributed by atoms with E-state index in [1.54, 1.807) is 11.3 Å². The maximum absolute atomic E-state index is 12.4. The summed E-state index contributed by atoms with van der Waals surface area (Å²) >= 11 is 1.70. The Kier molecular flexibility index (Phi) is 5.53. The number of carbonyl (C=O) groups is 2. The summed E-state index contributed by atoms with van der Waals surface area (Å²) in [6.07, 6.45) is 1.27. The summed E-state index contributed by atoms with van der Waals surface area (Å²) < 4.78 is 10.6. The van der Waals surface area contributed by atoms with Crippen LogP contribution in [0.3, 0.4) is 0 Å². The average Bonchev–Trinajstić information content (AvgIpc) is 3.22. The van der Waals surface area contributed by atoms with Crippen LogP contribution in [-0.2, 0) is 25.5 Å². The van der Waals surface area contributed by atoms with Crippen LogP contribution in [0.4, 0.5) is 0 Å². The van der Waals surface area contributed by atoms with Crippen LogP contribution in [-0.4, -0.2) is 63.3 Å². The highest BCUT2D eigenvalue weighted by molar-refractivity contribution is 7.09. The molecule has 0 aromatic carbocycles.